The minimum absolute atomic E-state index is 0.806. The number of aliphatic hydroxyl groups excluding tert-OH is 3. The van der Waals surface area contributed by atoms with Gasteiger partial charge in [0.05, 0.1) is 6.10 Å². The van der Waals surface area contributed by atoms with Crippen LogP contribution in [-0.4, -0.2) is 56.9 Å². The van der Waals surface area contributed by atoms with Gasteiger partial charge in [0, 0.05) is 0 Å². The van der Waals surface area contributed by atoms with Crippen LogP contribution in [0.25, 0.3) is 0 Å². The zero-order valence-electron chi connectivity index (χ0n) is 6.99. The highest BCUT2D eigenvalue weighted by atomic mass is 16.6. The predicted molar refractivity (Wildman–Crippen MR) is 40.0 cm³/mol. The number of carbonyl (C=O) groups is 1. The SMILES string of the molecule is CC1O[C@@H](C(=O)O)[C@H](O)[C@@H](O)[C@@H]1O. The van der Waals surface area contributed by atoms with Gasteiger partial charge in [-0.3, -0.25) is 0 Å². The average Bonchev–Trinajstić information content (AvgIpc) is 2.07. The van der Waals surface area contributed by atoms with E-state index in [2.05, 4.69) is 0 Å². The van der Waals surface area contributed by atoms with E-state index < -0.39 is 36.5 Å². The van der Waals surface area contributed by atoms with Crippen LogP contribution in [0.3, 0.4) is 0 Å². The molecule has 1 heterocycles. The van der Waals surface area contributed by atoms with E-state index in [-0.39, 0.29) is 0 Å². The molecule has 0 aromatic carbocycles. The normalized spacial score (nSPS) is 46.0. The second kappa shape index (κ2) is 3.59. The van der Waals surface area contributed by atoms with E-state index in [1.165, 1.54) is 6.92 Å². The van der Waals surface area contributed by atoms with Gasteiger partial charge in [0.25, 0.3) is 0 Å². The summed E-state index contributed by atoms with van der Waals surface area (Å²) in [6, 6.07) is 0. The van der Waals surface area contributed by atoms with Gasteiger partial charge in [0.2, 0.25) is 0 Å². The van der Waals surface area contributed by atoms with Crippen LogP contribution in [0.15, 0.2) is 0 Å². The zero-order chi connectivity index (χ0) is 10.2. The van der Waals surface area contributed by atoms with Crippen LogP contribution < -0.4 is 0 Å². The molecule has 0 aromatic rings. The lowest BCUT2D eigenvalue weighted by Gasteiger charge is -2.37. The van der Waals surface area contributed by atoms with Gasteiger partial charge in [-0.15, -0.1) is 0 Å². The summed E-state index contributed by atoms with van der Waals surface area (Å²) in [6.45, 7) is 1.43. The quantitative estimate of drug-likeness (QED) is 0.380. The Bertz CT molecular complexity index is 205. The van der Waals surface area contributed by atoms with Crippen molar-refractivity contribution in [1.82, 2.24) is 0 Å². The molecule has 0 aromatic heterocycles. The van der Waals surface area contributed by atoms with Crippen LogP contribution in [-0.2, 0) is 9.53 Å². The molecule has 0 aliphatic carbocycles. The number of aliphatic carboxylic acids is 1. The third-order valence-corrected chi connectivity index (χ3v) is 2.10. The van der Waals surface area contributed by atoms with Crippen molar-refractivity contribution in [3.63, 3.8) is 0 Å². The molecular weight excluding hydrogens is 180 g/mol. The van der Waals surface area contributed by atoms with Crippen LogP contribution in [0.4, 0.5) is 0 Å². The maximum atomic E-state index is 10.5. The molecule has 6 heteroatoms. The summed E-state index contributed by atoms with van der Waals surface area (Å²) in [7, 11) is 0. The lowest BCUT2D eigenvalue weighted by atomic mass is 9.96. The summed E-state index contributed by atoms with van der Waals surface area (Å²) in [6.07, 6.45) is -6.62. The fourth-order valence-electron chi connectivity index (χ4n) is 1.26. The zero-order valence-corrected chi connectivity index (χ0v) is 6.99. The topological polar surface area (TPSA) is 107 Å². The molecule has 6 nitrogen and oxygen atoms in total. The minimum atomic E-state index is -1.59. The van der Waals surface area contributed by atoms with E-state index in [1.807, 2.05) is 0 Å². The van der Waals surface area contributed by atoms with Crippen molar-refractivity contribution in [2.45, 2.75) is 37.4 Å². The lowest BCUT2D eigenvalue weighted by Crippen LogP contribution is -2.58. The van der Waals surface area contributed by atoms with Gasteiger partial charge in [-0.05, 0) is 6.92 Å². The lowest BCUT2D eigenvalue weighted by molar-refractivity contribution is -0.223. The summed E-state index contributed by atoms with van der Waals surface area (Å²) in [4.78, 5) is 10.5. The highest BCUT2D eigenvalue weighted by Crippen LogP contribution is 2.20. The minimum Gasteiger partial charge on any atom is -0.479 e. The summed E-state index contributed by atoms with van der Waals surface area (Å²) in [5, 5.41) is 36.1. The first-order valence-corrected chi connectivity index (χ1v) is 3.87. The largest absolute Gasteiger partial charge is 0.479 e. The Morgan fingerprint density at radius 2 is 1.69 bits per heavy atom. The van der Waals surface area contributed by atoms with Gasteiger partial charge in [0.15, 0.2) is 6.10 Å². The number of ether oxygens (including phenoxy) is 1. The fraction of sp³-hybridized carbons (Fsp3) is 0.857. The van der Waals surface area contributed by atoms with E-state index in [1.54, 1.807) is 0 Å². The van der Waals surface area contributed by atoms with Crippen LogP contribution in [0.5, 0.6) is 0 Å². The molecule has 1 saturated heterocycles. The number of carboxylic acids is 1. The van der Waals surface area contributed by atoms with Gasteiger partial charge >= 0.3 is 5.97 Å². The van der Waals surface area contributed by atoms with E-state index in [0.717, 1.165) is 0 Å². The van der Waals surface area contributed by atoms with Crippen LogP contribution >= 0.6 is 0 Å². The number of hydrogen-bond donors (Lipinski definition) is 4. The Morgan fingerprint density at radius 3 is 2.15 bits per heavy atom. The van der Waals surface area contributed by atoms with Crippen molar-refractivity contribution in [3.05, 3.63) is 0 Å². The number of hydrogen-bond acceptors (Lipinski definition) is 5. The molecule has 1 unspecified atom stereocenters. The highest BCUT2D eigenvalue weighted by Gasteiger charge is 2.44. The molecule has 1 aliphatic rings. The number of aliphatic hydroxyl groups is 3. The molecule has 1 aliphatic heterocycles. The molecule has 0 radical (unpaired) electrons. The molecule has 76 valence electrons. The van der Waals surface area contributed by atoms with Crippen molar-refractivity contribution in [2.75, 3.05) is 0 Å². The monoisotopic (exact) mass is 192 g/mol. The van der Waals surface area contributed by atoms with Gasteiger partial charge in [-0.2, -0.15) is 0 Å². The molecule has 1 fully saturated rings. The van der Waals surface area contributed by atoms with Gasteiger partial charge in [0.1, 0.15) is 18.3 Å². The van der Waals surface area contributed by atoms with E-state index >= 15 is 0 Å². The van der Waals surface area contributed by atoms with Gasteiger partial charge in [-0.1, -0.05) is 0 Å². The van der Waals surface area contributed by atoms with Crippen molar-refractivity contribution in [2.24, 2.45) is 0 Å². The van der Waals surface area contributed by atoms with E-state index in [4.69, 9.17) is 9.84 Å². The summed E-state index contributed by atoms with van der Waals surface area (Å²) < 4.78 is 4.78. The van der Waals surface area contributed by atoms with Gasteiger partial charge in [-0.25, -0.2) is 4.79 Å². The second-order valence-electron chi connectivity index (χ2n) is 3.07. The van der Waals surface area contributed by atoms with Crippen molar-refractivity contribution in [1.29, 1.82) is 0 Å². The molecule has 0 saturated carbocycles. The van der Waals surface area contributed by atoms with E-state index in [0.29, 0.717) is 0 Å². The Hall–Kier alpha value is -0.690. The predicted octanol–water partition coefficient (Wildman–Crippen LogP) is -2.06. The van der Waals surface area contributed by atoms with Crippen LogP contribution in [0.2, 0.25) is 0 Å². The van der Waals surface area contributed by atoms with Crippen LogP contribution in [0.1, 0.15) is 6.92 Å². The summed E-state index contributed by atoms with van der Waals surface area (Å²) in [5.74, 6) is -1.36. The maximum Gasteiger partial charge on any atom is 0.335 e. The Kier molecular flexibility index (Phi) is 2.87. The number of carboxylic acid groups (broad SMARTS) is 1. The standard InChI is InChI=1S/C7H12O6/c1-2-3(8)4(9)5(10)6(13-2)7(11)12/h2-6,8-10H,1H3,(H,11,12)/t2?,3-,4+,5-,6-/m1/s1. The molecule has 5 atom stereocenters. The Labute approximate surface area is 74.4 Å². The second-order valence-corrected chi connectivity index (χ2v) is 3.07. The summed E-state index contributed by atoms with van der Waals surface area (Å²) >= 11 is 0. The fourth-order valence-corrected chi connectivity index (χ4v) is 1.26. The maximum absolute atomic E-state index is 10.5. The summed E-state index contributed by atoms with van der Waals surface area (Å²) in [5.41, 5.74) is 0. The number of rotatable bonds is 1. The van der Waals surface area contributed by atoms with Crippen LogP contribution in [0, 0.1) is 0 Å². The molecule has 4 N–H and O–H groups in total. The van der Waals surface area contributed by atoms with E-state index in [9.17, 15) is 20.1 Å². The molecule has 0 spiro atoms. The van der Waals surface area contributed by atoms with Gasteiger partial charge < -0.3 is 25.2 Å². The Morgan fingerprint density at radius 1 is 1.15 bits per heavy atom. The van der Waals surface area contributed by atoms with Crippen molar-refractivity contribution >= 4 is 5.97 Å². The Balaban J connectivity index is 2.76. The smallest absolute Gasteiger partial charge is 0.335 e. The third-order valence-electron chi connectivity index (χ3n) is 2.10. The molecule has 13 heavy (non-hydrogen) atoms. The third kappa shape index (κ3) is 1.80. The highest BCUT2D eigenvalue weighted by molar-refractivity contribution is 5.73. The first-order valence-electron chi connectivity index (χ1n) is 3.87. The first kappa shape index (κ1) is 10.4. The molecule has 1 rings (SSSR count). The first-order chi connectivity index (χ1) is 5.95. The van der Waals surface area contributed by atoms with Crippen molar-refractivity contribution < 1.29 is 30.0 Å². The molecular formula is C7H12O6. The van der Waals surface area contributed by atoms with Crippen molar-refractivity contribution in [3.8, 4) is 0 Å². The molecule has 0 bridgehead atoms. The average molecular weight is 192 g/mol. The molecule has 0 amide bonds.